The van der Waals surface area contributed by atoms with Gasteiger partial charge in [-0.1, -0.05) is 41.9 Å². The number of carbonyl (C=O) groups excluding carboxylic acids is 1. The van der Waals surface area contributed by atoms with E-state index in [1.165, 1.54) is 6.07 Å². The predicted molar refractivity (Wildman–Crippen MR) is 121 cm³/mol. The summed E-state index contributed by atoms with van der Waals surface area (Å²) in [4.78, 5) is 12.8. The fourth-order valence-electron chi connectivity index (χ4n) is 3.41. The van der Waals surface area contributed by atoms with Crippen molar-refractivity contribution in [1.29, 1.82) is 0 Å². The van der Waals surface area contributed by atoms with Crippen molar-refractivity contribution in [3.8, 4) is 11.5 Å². The maximum atomic E-state index is 12.9. The molecule has 0 bridgehead atoms. The predicted octanol–water partition coefficient (Wildman–Crippen LogP) is 5.65. The van der Waals surface area contributed by atoms with E-state index in [9.17, 15) is 13.2 Å². The molecule has 0 radical (unpaired) electrons. The van der Waals surface area contributed by atoms with Gasteiger partial charge in [-0.15, -0.1) is 0 Å². The van der Waals surface area contributed by atoms with Crippen molar-refractivity contribution in [2.75, 3.05) is 10.0 Å². The standard InChI is InChI=1S/C23H15ClN2O4S/c24-16-6-9-22-20(12-16)25-23(27)19-13-17(7-10-21(19)30-22)26-31(28,29)18-8-5-14-3-1-2-4-15(14)11-18/h1-13,26H,(H,25,27). The fourth-order valence-corrected chi connectivity index (χ4v) is 4.66. The third-order valence-electron chi connectivity index (χ3n) is 4.92. The van der Waals surface area contributed by atoms with Gasteiger partial charge < -0.3 is 10.1 Å². The Hall–Kier alpha value is -3.55. The molecule has 0 aliphatic carbocycles. The number of hydrogen-bond donors (Lipinski definition) is 2. The lowest BCUT2D eigenvalue weighted by atomic mass is 10.1. The summed E-state index contributed by atoms with van der Waals surface area (Å²) >= 11 is 6.00. The summed E-state index contributed by atoms with van der Waals surface area (Å²) in [6.07, 6.45) is 0. The van der Waals surface area contributed by atoms with Crippen LogP contribution < -0.4 is 14.8 Å². The van der Waals surface area contributed by atoms with E-state index in [0.29, 0.717) is 22.2 Å². The molecule has 1 amide bonds. The molecule has 0 unspecified atom stereocenters. The highest BCUT2D eigenvalue weighted by Crippen LogP contribution is 2.38. The Balaban J connectivity index is 1.47. The number of halogens is 1. The third-order valence-corrected chi connectivity index (χ3v) is 6.53. The molecule has 0 atom stereocenters. The van der Waals surface area contributed by atoms with Crippen LogP contribution in [0.3, 0.4) is 0 Å². The molecule has 5 rings (SSSR count). The zero-order valence-electron chi connectivity index (χ0n) is 15.9. The van der Waals surface area contributed by atoms with E-state index >= 15 is 0 Å². The number of ether oxygens (including phenoxy) is 1. The van der Waals surface area contributed by atoms with Crippen molar-refractivity contribution in [3.05, 3.63) is 89.4 Å². The summed E-state index contributed by atoms with van der Waals surface area (Å²) in [5.41, 5.74) is 0.882. The maximum absolute atomic E-state index is 12.9. The molecule has 4 aromatic rings. The molecule has 31 heavy (non-hydrogen) atoms. The van der Waals surface area contributed by atoms with Gasteiger partial charge >= 0.3 is 0 Å². The Kier molecular flexibility index (Phi) is 4.57. The normalized spacial score (nSPS) is 12.9. The Morgan fingerprint density at radius 3 is 2.45 bits per heavy atom. The molecule has 1 aliphatic heterocycles. The summed E-state index contributed by atoms with van der Waals surface area (Å²) in [5.74, 6) is 0.330. The van der Waals surface area contributed by atoms with E-state index in [1.54, 1.807) is 48.5 Å². The van der Waals surface area contributed by atoms with E-state index in [4.69, 9.17) is 16.3 Å². The molecule has 8 heteroatoms. The van der Waals surface area contributed by atoms with E-state index in [-0.39, 0.29) is 16.1 Å². The summed E-state index contributed by atoms with van der Waals surface area (Å²) in [7, 11) is -3.86. The van der Waals surface area contributed by atoms with Gasteiger partial charge in [0.1, 0.15) is 5.75 Å². The quantitative estimate of drug-likeness (QED) is 0.422. The molecule has 2 N–H and O–H groups in total. The van der Waals surface area contributed by atoms with Crippen LogP contribution >= 0.6 is 11.6 Å². The summed E-state index contributed by atoms with van der Waals surface area (Å²) in [6, 6.07) is 21.9. The number of hydrogen-bond acceptors (Lipinski definition) is 4. The van der Waals surface area contributed by atoms with Gasteiger partial charge in [-0.2, -0.15) is 0 Å². The number of carbonyl (C=O) groups is 1. The minimum absolute atomic E-state index is 0.129. The Morgan fingerprint density at radius 1 is 0.839 bits per heavy atom. The average Bonchev–Trinajstić information content (AvgIpc) is 2.88. The molecule has 0 fully saturated rings. The molecule has 0 spiro atoms. The highest BCUT2D eigenvalue weighted by molar-refractivity contribution is 7.92. The lowest BCUT2D eigenvalue weighted by Crippen LogP contribution is -2.14. The molecule has 1 heterocycles. The Labute approximate surface area is 183 Å². The van der Waals surface area contributed by atoms with Crippen LogP contribution in [0.1, 0.15) is 10.4 Å². The molecule has 154 valence electrons. The maximum Gasteiger partial charge on any atom is 0.261 e. The van der Waals surface area contributed by atoms with Crippen LogP contribution in [0.5, 0.6) is 11.5 Å². The topological polar surface area (TPSA) is 84.5 Å². The molecular weight excluding hydrogens is 436 g/mol. The van der Waals surface area contributed by atoms with Crippen LogP contribution in [0.2, 0.25) is 5.02 Å². The molecule has 0 aromatic heterocycles. The van der Waals surface area contributed by atoms with E-state index < -0.39 is 15.9 Å². The zero-order valence-corrected chi connectivity index (χ0v) is 17.5. The van der Waals surface area contributed by atoms with E-state index in [1.807, 2.05) is 24.3 Å². The Morgan fingerprint density at radius 2 is 1.61 bits per heavy atom. The third kappa shape index (κ3) is 3.69. The van der Waals surface area contributed by atoms with Crippen molar-refractivity contribution < 1.29 is 17.9 Å². The van der Waals surface area contributed by atoms with Crippen LogP contribution in [-0.4, -0.2) is 14.3 Å². The zero-order chi connectivity index (χ0) is 21.6. The first-order valence-electron chi connectivity index (χ1n) is 9.33. The number of sulfonamides is 1. The van der Waals surface area contributed by atoms with Crippen LogP contribution in [0.4, 0.5) is 11.4 Å². The largest absolute Gasteiger partial charge is 0.454 e. The van der Waals surface area contributed by atoms with Crippen molar-refractivity contribution in [3.63, 3.8) is 0 Å². The van der Waals surface area contributed by atoms with Gasteiger partial charge in [0.15, 0.2) is 5.75 Å². The SMILES string of the molecule is O=C1Nc2cc(Cl)ccc2Oc2ccc(NS(=O)(=O)c3ccc4ccccc4c3)cc21. The molecule has 4 aromatic carbocycles. The van der Waals surface area contributed by atoms with Crippen molar-refractivity contribution in [1.82, 2.24) is 0 Å². The first-order chi connectivity index (χ1) is 14.9. The van der Waals surface area contributed by atoms with Crippen LogP contribution in [0.15, 0.2) is 83.8 Å². The van der Waals surface area contributed by atoms with Crippen LogP contribution in [0.25, 0.3) is 10.8 Å². The summed E-state index contributed by atoms with van der Waals surface area (Å²) < 4.78 is 34.2. The first-order valence-corrected chi connectivity index (χ1v) is 11.2. The van der Waals surface area contributed by atoms with Gasteiger partial charge in [0.2, 0.25) is 0 Å². The number of rotatable bonds is 3. The van der Waals surface area contributed by atoms with Gasteiger partial charge in [-0.05, 0) is 59.3 Å². The first kappa shape index (κ1) is 19.4. The van der Waals surface area contributed by atoms with Gasteiger partial charge in [0.05, 0.1) is 16.1 Å². The molecule has 0 saturated carbocycles. The van der Waals surface area contributed by atoms with Gasteiger partial charge in [0, 0.05) is 10.7 Å². The number of fused-ring (bicyclic) bond motifs is 3. The molecular formula is C23H15ClN2O4S. The summed E-state index contributed by atoms with van der Waals surface area (Å²) in [5, 5.41) is 4.95. The average molecular weight is 451 g/mol. The summed E-state index contributed by atoms with van der Waals surface area (Å²) in [6.45, 7) is 0. The lowest BCUT2D eigenvalue weighted by Gasteiger charge is -2.12. The second-order valence-electron chi connectivity index (χ2n) is 7.02. The van der Waals surface area contributed by atoms with Gasteiger partial charge in [0.25, 0.3) is 15.9 Å². The minimum atomic E-state index is -3.86. The molecule has 0 saturated heterocycles. The van der Waals surface area contributed by atoms with Crippen LogP contribution in [0, 0.1) is 0 Å². The smallest absolute Gasteiger partial charge is 0.261 e. The van der Waals surface area contributed by atoms with Crippen molar-refractivity contribution in [2.45, 2.75) is 4.90 Å². The molecule has 6 nitrogen and oxygen atoms in total. The lowest BCUT2D eigenvalue weighted by molar-refractivity contribution is 0.102. The number of amides is 1. The minimum Gasteiger partial charge on any atom is -0.454 e. The van der Waals surface area contributed by atoms with Crippen molar-refractivity contribution >= 4 is 49.7 Å². The number of benzene rings is 4. The van der Waals surface area contributed by atoms with E-state index in [2.05, 4.69) is 10.0 Å². The number of anilines is 2. The van der Waals surface area contributed by atoms with Crippen molar-refractivity contribution in [2.24, 2.45) is 0 Å². The monoisotopic (exact) mass is 450 g/mol. The fraction of sp³-hybridized carbons (Fsp3) is 0. The highest BCUT2D eigenvalue weighted by Gasteiger charge is 2.23. The number of nitrogens with one attached hydrogen (secondary N) is 2. The van der Waals surface area contributed by atoms with Crippen LogP contribution in [-0.2, 0) is 10.0 Å². The second-order valence-corrected chi connectivity index (χ2v) is 9.14. The molecule has 1 aliphatic rings. The van der Waals surface area contributed by atoms with E-state index in [0.717, 1.165) is 10.8 Å². The van der Waals surface area contributed by atoms with Gasteiger partial charge in [-0.3, -0.25) is 9.52 Å². The Bertz CT molecular complexity index is 1470. The van der Waals surface area contributed by atoms with Gasteiger partial charge in [-0.25, -0.2) is 8.42 Å². The highest BCUT2D eigenvalue weighted by atomic mass is 35.5. The second kappa shape index (κ2) is 7.30.